The van der Waals surface area contributed by atoms with Gasteiger partial charge in [-0.3, -0.25) is 4.90 Å². The van der Waals surface area contributed by atoms with Crippen LogP contribution in [0.3, 0.4) is 0 Å². The molecule has 0 atom stereocenters. The molecule has 1 aromatic carbocycles. The maximum absolute atomic E-state index is 5.76. The SMILES string of the molecule is CC(C)(C)C1CN(Cc2ccccc2CN)C1. The molecule has 2 rings (SSSR count). The van der Waals surface area contributed by atoms with Crippen LogP contribution < -0.4 is 5.73 Å². The van der Waals surface area contributed by atoms with Crippen LogP contribution in [0.2, 0.25) is 0 Å². The summed E-state index contributed by atoms with van der Waals surface area (Å²) in [4.78, 5) is 2.52. The Bertz CT molecular complexity index is 373. The van der Waals surface area contributed by atoms with E-state index in [-0.39, 0.29) is 0 Å². The normalized spacial score (nSPS) is 18.1. The molecule has 2 heteroatoms. The van der Waals surface area contributed by atoms with Gasteiger partial charge in [-0.05, 0) is 22.5 Å². The van der Waals surface area contributed by atoms with E-state index in [2.05, 4.69) is 49.9 Å². The van der Waals surface area contributed by atoms with Gasteiger partial charge in [0.2, 0.25) is 0 Å². The molecule has 1 aromatic rings. The van der Waals surface area contributed by atoms with Crippen molar-refractivity contribution < 1.29 is 0 Å². The van der Waals surface area contributed by atoms with Crippen LogP contribution in [0.5, 0.6) is 0 Å². The van der Waals surface area contributed by atoms with Crippen LogP contribution in [-0.4, -0.2) is 18.0 Å². The quantitative estimate of drug-likeness (QED) is 0.868. The molecule has 1 aliphatic rings. The fraction of sp³-hybridized carbons (Fsp3) is 0.600. The molecule has 2 nitrogen and oxygen atoms in total. The molecule has 94 valence electrons. The highest BCUT2D eigenvalue weighted by Gasteiger charge is 2.35. The van der Waals surface area contributed by atoms with E-state index in [0.29, 0.717) is 12.0 Å². The van der Waals surface area contributed by atoms with Crippen LogP contribution in [0.15, 0.2) is 24.3 Å². The molecule has 0 aromatic heterocycles. The lowest BCUT2D eigenvalue weighted by atomic mass is 9.76. The Morgan fingerprint density at radius 3 is 2.29 bits per heavy atom. The van der Waals surface area contributed by atoms with Gasteiger partial charge in [-0.25, -0.2) is 0 Å². The summed E-state index contributed by atoms with van der Waals surface area (Å²) < 4.78 is 0. The van der Waals surface area contributed by atoms with Crippen LogP contribution in [0, 0.1) is 11.3 Å². The Labute approximate surface area is 105 Å². The summed E-state index contributed by atoms with van der Waals surface area (Å²) in [6.45, 7) is 11.2. The van der Waals surface area contributed by atoms with Gasteiger partial charge in [0.1, 0.15) is 0 Å². The van der Waals surface area contributed by atoms with Crippen molar-refractivity contribution in [3.05, 3.63) is 35.4 Å². The zero-order valence-electron chi connectivity index (χ0n) is 11.2. The number of hydrogen-bond acceptors (Lipinski definition) is 2. The minimum Gasteiger partial charge on any atom is -0.326 e. The van der Waals surface area contributed by atoms with Crippen LogP contribution in [0.4, 0.5) is 0 Å². The lowest BCUT2D eigenvalue weighted by Gasteiger charge is -2.46. The number of nitrogens with two attached hydrogens (primary N) is 1. The summed E-state index contributed by atoms with van der Waals surface area (Å²) in [6.07, 6.45) is 0. The molecule has 17 heavy (non-hydrogen) atoms. The number of hydrogen-bond donors (Lipinski definition) is 1. The Kier molecular flexibility index (Phi) is 3.55. The van der Waals surface area contributed by atoms with Gasteiger partial charge < -0.3 is 5.73 Å². The van der Waals surface area contributed by atoms with Gasteiger partial charge in [-0.1, -0.05) is 45.0 Å². The second-order valence-corrected chi connectivity index (χ2v) is 6.23. The lowest BCUT2D eigenvalue weighted by Crippen LogP contribution is -2.51. The summed E-state index contributed by atoms with van der Waals surface area (Å²) in [6, 6.07) is 8.51. The van der Waals surface area contributed by atoms with E-state index in [1.54, 1.807) is 0 Å². The molecule has 0 bridgehead atoms. The van der Waals surface area contributed by atoms with Gasteiger partial charge in [0.15, 0.2) is 0 Å². The molecule has 1 aliphatic heterocycles. The minimum atomic E-state index is 0.448. The van der Waals surface area contributed by atoms with Crippen molar-refractivity contribution in [2.24, 2.45) is 17.1 Å². The van der Waals surface area contributed by atoms with Gasteiger partial charge in [0.05, 0.1) is 0 Å². The molecule has 1 saturated heterocycles. The summed E-state index contributed by atoms with van der Waals surface area (Å²) in [5.41, 5.74) is 8.89. The highest BCUT2D eigenvalue weighted by atomic mass is 15.2. The third kappa shape index (κ3) is 2.88. The van der Waals surface area contributed by atoms with E-state index < -0.39 is 0 Å². The lowest BCUT2D eigenvalue weighted by molar-refractivity contribution is 0.0187. The van der Waals surface area contributed by atoms with Gasteiger partial charge in [-0.2, -0.15) is 0 Å². The molecule has 2 N–H and O–H groups in total. The first-order chi connectivity index (χ1) is 8.00. The average molecular weight is 232 g/mol. The van der Waals surface area contributed by atoms with Gasteiger partial charge in [0.25, 0.3) is 0 Å². The van der Waals surface area contributed by atoms with Crippen molar-refractivity contribution in [1.82, 2.24) is 4.90 Å². The maximum atomic E-state index is 5.76. The molecule has 1 heterocycles. The van der Waals surface area contributed by atoms with Crippen molar-refractivity contribution in [3.63, 3.8) is 0 Å². The second kappa shape index (κ2) is 4.79. The summed E-state index contributed by atoms with van der Waals surface area (Å²) in [7, 11) is 0. The summed E-state index contributed by atoms with van der Waals surface area (Å²) in [5.74, 6) is 0.840. The van der Waals surface area contributed by atoms with Crippen molar-refractivity contribution in [3.8, 4) is 0 Å². The molecule has 0 unspecified atom stereocenters. The Morgan fingerprint density at radius 1 is 1.18 bits per heavy atom. The summed E-state index contributed by atoms with van der Waals surface area (Å²) >= 11 is 0. The van der Waals surface area contributed by atoms with E-state index in [1.165, 1.54) is 24.2 Å². The molecule has 0 saturated carbocycles. The first-order valence-corrected chi connectivity index (χ1v) is 6.50. The number of rotatable bonds is 3. The Balaban J connectivity index is 1.92. The van der Waals surface area contributed by atoms with Crippen molar-refractivity contribution in [2.45, 2.75) is 33.9 Å². The number of nitrogens with zero attached hydrogens (tertiary/aromatic N) is 1. The molecule has 0 spiro atoms. The third-order valence-corrected chi connectivity index (χ3v) is 3.91. The maximum Gasteiger partial charge on any atom is 0.0237 e. The molecular formula is C15H24N2. The Hall–Kier alpha value is -0.860. The van der Waals surface area contributed by atoms with Crippen LogP contribution in [0.25, 0.3) is 0 Å². The largest absolute Gasteiger partial charge is 0.326 e. The van der Waals surface area contributed by atoms with Gasteiger partial charge in [0, 0.05) is 26.2 Å². The minimum absolute atomic E-state index is 0.448. The van der Waals surface area contributed by atoms with Gasteiger partial charge >= 0.3 is 0 Å². The van der Waals surface area contributed by atoms with Crippen molar-refractivity contribution in [1.29, 1.82) is 0 Å². The van der Waals surface area contributed by atoms with Crippen molar-refractivity contribution >= 4 is 0 Å². The second-order valence-electron chi connectivity index (χ2n) is 6.23. The van der Waals surface area contributed by atoms with Crippen LogP contribution in [0.1, 0.15) is 31.9 Å². The smallest absolute Gasteiger partial charge is 0.0237 e. The van der Waals surface area contributed by atoms with E-state index in [9.17, 15) is 0 Å². The zero-order valence-corrected chi connectivity index (χ0v) is 11.2. The van der Waals surface area contributed by atoms with E-state index in [1.807, 2.05) is 0 Å². The highest BCUT2D eigenvalue weighted by Crippen LogP contribution is 2.34. The Morgan fingerprint density at radius 2 is 1.76 bits per heavy atom. The first kappa shape index (κ1) is 12.6. The van der Waals surface area contributed by atoms with Gasteiger partial charge in [-0.15, -0.1) is 0 Å². The van der Waals surface area contributed by atoms with Crippen LogP contribution >= 0.6 is 0 Å². The van der Waals surface area contributed by atoms with E-state index >= 15 is 0 Å². The molecule has 0 radical (unpaired) electrons. The fourth-order valence-corrected chi connectivity index (χ4v) is 2.40. The predicted molar refractivity (Wildman–Crippen MR) is 72.6 cm³/mol. The molecular weight excluding hydrogens is 208 g/mol. The third-order valence-electron chi connectivity index (χ3n) is 3.91. The topological polar surface area (TPSA) is 29.3 Å². The standard InChI is InChI=1S/C15H24N2/c1-15(2,3)14-10-17(11-14)9-13-7-5-4-6-12(13)8-16/h4-7,14H,8-11,16H2,1-3H3. The monoisotopic (exact) mass is 232 g/mol. The number of benzene rings is 1. The summed E-state index contributed by atoms with van der Waals surface area (Å²) in [5, 5.41) is 0. The molecule has 0 aliphatic carbocycles. The van der Waals surface area contributed by atoms with Crippen LogP contribution in [-0.2, 0) is 13.1 Å². The van der Waals surface area contributed by atoms with Crippen molar-refractivity contribution in [2.75, 3.05) is 13.1 Å². The van der Waals surface area contributed by atoms with E-state index in [0.717, 1.165) is 12.5 Å². The molecule has 1 fully saturated rings. The zero-order chi connectivity index (χ0) is 12.5. The fourth-order valence-electron chi connectivity index (χ4n) is 2.40. The molecule has 0 amide bonds. The highest BCUT2D eigenvalue weighted by molar-refractivity contribution is 5.27. The average Bonchev–Trinajstić information content (AvgIpc) is 2.21. The number of likely N-dealkylation sites (tertiary alicyclic amines) is 1. The van der Waals surface area contributed by atoms with E-state index in [4.69, 9.17) is 5.73 Å². The first-order valence-electron chi connectivity index (χ1n) is 6.50. The predicted octanol–water partition coefficient (Wildman–Crippen LogP) is 2.62.